The van der Waals surface area contributed by atoms with Crippen LogP contribution in [0, 0.1) is 5.92 Å². The second kappa shape index (κ2) is 9.05. The molecule has 33 heavy (non-hydrogen) atoms. The van der Waals surface area contributed by atoms with Gasteiger partial charge in [0.25, 0.3) is 11.8 Å². The minimum absolute atomic E-state index is 0.114. The van der Waals surface area contributed by atoms with Crippen LogP contribution in [0.1, 0.15) is 34.6 Å². The highest BCUT2D eigenvalue weighted by Crippen LogP contribution is 2.28. The number of nitrogens with zero attached hydrogens (tertiary/aromatic N) is 2. The van der Waals surface area contributed by atoms with E-state index in [4.69, 9.17) is 4.74 Å². The van der Waals surface area contributed by atoms with E-state index in [2.05, 4.69) is 5.32 Å². The van der Waals surface area contributed by atoms with Crippen molar-refractivity contribution in [2.75, 3.05) is 31.6 Å². The molecule has 1 N–H and O–H groups in total. The number of rotatable bonds is 6. The Morgan fingerprint density at radius 1 is 0.939 bits per heavy atom. The third-order valence-corrected chi connectivity index (χ3v) is 7.65. The van der Waals surface area contributed by atoms with E-state index in [0.717, 1.165) is 4.90 Å². The highest BCUT2D eigenvalue weighted by molar-refractivity contribution is 7.89. The lowest BCUT2D eigenvalue weighted by Crippen LogP contribution is -2.50. The summed E-state index contributed by atoms with van der Waals surface area (Å²) in [5.41, 5.74) is 0.917. The fourth-order valence-electron chi connectivity index (χ4n) is 4.04. The number of sulfonamides is 1. The number of fused-ring (bicyclic) bond motifs is 1. The molecule has 1 saturated heterocycles. The van der Waals surface area contributed by atoms with Crippen molar-refractivity contribution >= 4 is 33.4 Å². The second-order valence-corrected chi connectivity index (χ2v) is 10.2. The lowest BCUT2D eigenvalue weighted by atomic mass is 10.0. The SMILES string of the molecule is CC(C)[C@@H](C(=O)Nc1ccc(S(=O)(=O)N2CCOCC2)cc1)N1C(=O)c2ccccc2C1=O. The van der Waals surface area contributed by atoms with Gasteiger partial charge in [-0.15, -0.1) is 0 Å². The van der Waals surface area contributed by atoms with Gasteiger partial charge in [-0.05, 0) is 42.3 Å². The number of hydrogen-bond donors (Lipinski definition) is 1. The zero-order chi connectivity index (χ0) is 23.8. The van der Waals surface area contributed by atoms with Crippen molar-refractivity contribution in [1.82, 2.24) is 9.21 Å². The Morgan fingerprint density at radius 2 is 1.48 bits per heavy atom. The first kappa shape index (κ1) is 23.1. The van der Waals surface area contributed by atoms with E-state index in [0.29, 0.717) is 18.9 Å². The van der Waals surface area contributed by atoms with Crippen molar-refractivity contribution in [1.29, 1.82) is 0 Å². The summed E-state index contributed by atoms with van der Waals surface area (Å²) < 4.78 is 32.1. The number of nitrogens with one attached hydrogen (secondary N) is 1. The molecule has 2 aliphatic rings. The molecule has 0 aliphatic carbocycles. The molecule has 0 aromatic heterocycles. The number of benzene rings is 2. The Bertz CT molecular complexity index is 1150. The van der Waals surface area contributed by atoms with E-state index in [1.165, 1.54) is 28.6 Å². The number of amides is 3. The molecule has 0 unspecified atom stereocenters. The Labute approximate surface area is 192 Å². The van der Waals surface area contributed by atoms with Gasteiger partial charge in [0.2, 0.25) is 15.9 Å². The molecule has 0 saturated carbocycles. The molecule has 1 atom stereocenters. The number of carbonyl (C=O) groups is 3. The molecular weight excluding hydrogens is 446 g/mol. The molecule has 0 bridgehead atoms. The smallest absolute Gasteiger partial charge is 0.262 e. The third-order valence-electron chi connectivity index (χ3n) is 5.73. The maximum atomic E-state index is 13.1. The van der Waals surface area contributed by atoms with Crippen molar-refractivity contribution in [3.8, 4) is 0 Å². The zero-order valence-corrected chi connectivity index (χ0v) is 19.2. The molecule has 2 aromatic rings. The summed E-state index contributed by atoms with van der Waals surface area (Å²) in [6.45, 7) is 4.79. The van der Waals surface area contributed by atoms with Gasteiger partial charge in [0.15, 0.2) is 0 Å². The summed E-state index contributed by atoms with van der Waals surface area (Å²) in [4.78, 5) is 40.0. The summed E-state index contributed by atoms with van der Waals surface area (Å²) in [6.07, 6.45) is 0. The second-order valence-electron chi connectivity index (χ2n) is 8.24. The van der Waals surface area contributed by atoms with Crippen molar-refractivity contribution in [3.63, 3.8) is 0 Å². The fourth-order valence-corrected chi connectivity index (χ4v) is 5.45. The van der Waals surface area contributed by atoms with Crippen molar-refractivity contribution in [3.05, 3.63) is 59.7 Å². The zero-order valence-electron chi connectivity index (χ0n) is 18.4. The molecule has 0 radical (unpaired) electrons. The molecule has 4 rings (SSSR count). The van der Waals surface area contributed by atoms with Gasteiger partial charge in [0.05, 0.1) is 29.2 Å². The van der Waals surface area contributed by atoms with Gasteiger partial charge in [-0.2, -0.15) is 4.31 Å². The van der Waals surface area contributed by atoms with E-state index in [-0.39, 0.29) is 35.0 Å². The van der Waals surface area contributed by atoms with Gasteiger partial charge in [0.1, 0.15) is 6.04 Å². The summed E-state index contributed by atoms with van der Waals surface area (Å²) >= 11 is 0. The molecule has 9 nitrogen and oxygen atoms in total. The molecule has 3 amide bonds. The van der Waals surface area contributed by atoms with Crippen LogP contribution in [0.4, 0.5) is 5.69 Å². The fraction of sp³-hybridized carbons (Fsp3) is 0.348. The number of morpholine rings is 1. The van der Waals surface area contributed by atoms with Crippen molar-refractivity contribution in [2.45, 2.75) is 24.8 Å². The Kier molecular flexibility index (Phi) is 6.33. The van der Waals surface area contributed by atoms with Gasteiger partial charge in [-0.1, -0.05) is 26.0 Å². The average Bonchev–Trinajstić information content (AvgIpc) is 3.05. The molecule has 2 aliphatic heterocycles. The largest absolute Gasteiger partial charge is 0.379 e. The maximum Gasteiger partial charge on any atom is 0.262 e. The normalized spacial score (nSPS) is 17.8. The van der Waals surface area contributed by atoms with Crippen LogP contribution in [-0.4, -0.2) is 67.7 Å². The lowest BCUT2D eigenvalue weighted by Gasteiger charge is -2.28. The van der Waals surface area contributed by atoms with Crippen LogP contribution in [0.3, 0.4) is 0 Å². The summed E-state index contributed by atoms with van der Waals surface area (Å²) in [6, 6.07) is 11.3. The third kappa shape index (κ3) is 4.29. The first-order valence-corrected chi connectivity index (χ1v) is 12.1. The standard InChI is InChI=1S/C23H25N3O6S/c1-15(2)20(26-22(28)18-5-3-4-6-19(18)23(26)29)21(27)24-16-7-9-17(10-8-16)33(30,31)25-11-13-32-14-12-25/h3-10,15,20H,11-14H2,1-2H3,(H,24,27)/t20-/m0/s1. The van der Waals surface area contributed by atoms with Gasteiger partial charge in [0, 0.05) is 18.8 Å². The molecule has 0 spiro atoms. The van der Waals surface area contributed by atoms with E-state index in [9.17, 15) is 22.8 Å². The molecule has 10 heteroatoms. The van der Waals surface area contributed by atoms with E-state index in [1.54, 1.807) is 38.1 Å². The van der Waals surface area contributed by atoms with Gasteiger partial charge in [-0.3, -0.25) is 19.3 Å². The van der Waals surface area contributed by atoms with Crippen LogP contribution in [0.25, 0.3) is 0 Å². The predicted molar refractivity (Wildman–Crippen MR) is 120 cm³/mol. The summed E-state index contributed by atoms with van der Waals surface area (Å²) in [5, 5.41) is 2.71. The molecular formula is C23H25N3O6S. The highest BCUT2D eigenvalue weighted by Gasteiger charge is 2.43. The van der Waals surface area contributed by atoms with Crippen LogP contribution in [0.2, 0.25) is 0 Å². The van der Waals surface area contributed by atoms with E-state index >= 15 is 0 Å². The minimum Gasteiger partial charge on any atom is -0.379 e. The van der Waals surface area contributed by atoms with Crippen LogP contribution in [-0.2, 0) is 19.6 Å². The van der Waals surface area contributed by atoms with Crippen LogP contribution in [0.15, 0.2) is 53.4 Å². The van der Waals surface area contributed by atoms with Gasteiger partial charge >= 0.3 is 0 Å². The Morgan fingerprint density at radius 3 is 2.00 bits per heavy atom. The Balaban J connectivity index is 1.52. The maximum absolute atomic E-state index is 13.1. The summed E-state index contributed by atoms with van der Waals surface area (Å²) in [5.74, 6) is -1.87. The minimum atomic E-state index is -3.65. The Hall–Kier alpha value is -3.08. The quantitative estimate of drug-likeness (QED) is 0.645. The first-order valence-electron chi connectivity index (χ1n) is 10.7. The van der Waals surface area contributed by atoms with Crippen molar-refractivity contribution in [2.24, 2.45) is 5.92 Å². The lowest BCUT2D eigenvalue weighted by molar-refractivity contribution is -0.121. The number of hydrogen-bond acceptors (Lipinski definition) is 6. The van der Waals surface area contributed by atoms with Crippen molar-refractivity contribution < 1.29 is 27.5 Å². The first-order chi connectivity index (χ1) is 15.7. The highest BCUT2D eigenvalue weighted by atomic mass is 32.2. The number of carbonyl (C=O) groups excluding carboxylic acids is 3. The monoisotopic (exact) mass is 471 g/mol. The summed E-state index contributed by atoms with van der Waals surface area (Å²) in [7, 11) is -3.65. The van der Waals surface area contributed by atoms with Gasteiger partial charge < -0.3 is 10.1 Å². The number of anilines is 1. The number of ether oxygens (including phenoxy) is 1. The van der Waals surface area contributed by atoms with Crippen LogP contribution < -0.4 is 5.32 Å². The topological polar surface area (TPSA) is 113 Å². The van der Waals surface area contributed by atoms with E-state index < -0.39 is 33.8 Å². The van der Waals surface area contributed by atoms with Crippen LogP contribution in [0.5, 0.6) is 0 Å². The molecule has 2 heterocycles. The predicted octanol–water partition coefficient (Wildman–Crippen LogP) is 1.97. The van der Waals surface area contributed by atoms with Gasteiger partial charge in [-0.25, -0.2) is 8.42 Å². The van der Waals surface area contributed by atoms with Crippen LogP contribution >= 0.6 is 0 Å². The molecule has 1 fully saturated rings. The average molecular weight is 472 g/mol. The molecule has 2 aromatic carbocycles. The van der Waals surface area contributed by atoms with E-state index in [1.807, 2.05) is 0 Å². The number of imide groups is 1. The molecule has 174 valence electrons.